The number of rotatable bonds is 0. The average molecular weight is 436 g/mol. The summed E-state index contributed by atoms with van der Waals surface area (Å²) in [5.74, 6) is -0.556. The zero-order valence-electron chi connectivity index (χ0n) is 13.7. The van der Waals surface area contributed by atoms with Crippen LogP contribution in [0.1, 0.15) is 31.8 Å². The molecule has 1 aromatic heterocycles. The van der Waals surface area contributed by atoms with Crippen LogP contribution in [0.3, 0.4) is 0 Å². The average Bonchev–Trinajstić information content (AvgIpc) is 2.67. The molecule has 4 aromatic rings. The zero-order valence-corrected chi connectivity index (χ0v) is 16.1. The van der Waals surface area contributed by atoms with Crippen molar-refractivity contribution in [3.8, 4) is 0 Å². The van der Waals surface area contributed by atoms with E-state index in [0.29, 0.717) is 26.6 Å². The number of ketones is 2. The zero-order chi connectivity index (χ0) is 18.9. The lowest BCUT2D eigenvalue weighted by atomic mass is 9.82. The fourth-order valence-electron chi connectivity index (χ4n) is 3.59. The highest BCUT2D eigenvalue weighted by atomic mass is 79.9. The minimum Gasteiger partial charge on any atom is -0.398 e. The van der Waals surface area contributed by atoms with E-state index in [4.69, 9.17) is 5.73 Å². The maximum absolute atomic E-state index is 13.2. The van der Waals surface area contributed by atoms with Crippen molar-refractivity contribution >= 4 is 64.7 Å². The molecule has 1 heterocycles. The molecule has 5 rings (SSSR count). The number of carbonyl (C=O) groups excluding carboxylic acids is 2. The van der Waals surface area contributed by atoms with Crippen molar-refractivity contribution in [1.29, 1.82) is 0 Å². The number of hydrogen-bond acceptors (Lipinski definition) is 5. The van der Waals surface area contributed by atoms with E-state index in [2.05, 4.69) is 15.9 Å². The molecule has 130 valence electrons. The molecule has 0 saturated carbocycles. The van der Waals surface area contributed by atoms with Gasteiger partial charge in [-0.2, -0.15) is 0 Å². The van der Waals surface area contributed by atoms with Crippen molar-refractivity contribution in [3.63, 3.8) is 0 Å². The third-order valence-electron chi connectivity index (χ3n) is 4.82. The second-order valence-corrected chi connectivity index (χ2v) is 8.34. The van der Waals surface area contributed by atoms with Gasteiger partial charge in [-0.25, -0.2) is 0 Å². The van der Waals surface area contributed by atoms with Crippen LogP contribution in [-0.2, 0) is 0 Å². The summed E-state index contributed by atoms with van der Waals surface area (Å²) in [4.78, 5) is 39.3. The van der Waals surface area contributed by atoms with Crippen molar-refractivity contribution in [2.24, 2.45) is 0 Å². The smallest absolute Gasteiger partial charge is 0.196 e. The molecule has 0 amide bonds. The maximum atomic E-state index is 13.2. The summed E-state index contributed by atoms with van der Waals surface area (Å²) in [6, 6.07) is 13.6. The Morgan fingerprint density at radius 1 is 0.815 bits per heavy atom. The molecule has 6 heteroatoms. The molecular weight excluding hydrogens is 426 g/mol. The van der Waals surface area contributed by atoms with Crippen LogP contribution in [0.2, 0.25) is 0 Å². The van der Waals surface area contributed by atoms with Gasteiger partial charge in [0.1, 0.15) is 0 Å². The Bertz CT molecular complexity index is 1400. The Labute approximate surface area is 165 Å². The van der Waals surface area contributed by atoms with Crippen molar-refractivity contribution in [2.45, 2.75) is 0 Å². The first-order valence-corrected chi connectivity index (χ1v) is 9.75. The molecular formula is C21H10BrNO3S. The monoisotopic (exact) mass is 435 g/mol. The summed E-state index contributed by atoms with van der Waals surface area (Å²) in [6.07, 6.45) is 0. The van der Waals surface area contributed by atoms with Crippen LogP contribution in [0.15, 0.2) is 57.8 Å². The number of halogens is 1. The Morgan fingerprint density at radius 2 is 1.48 bits per heavy atom. The van der Waals surface area contributed by atoms with Gasteiger partial charge in [0.05, 0.1) is 15.8 Å². The second kappa shape index (κ2) is 5.58. The van der Waals surface area contributed by atoms with Gasteiger partial charge >= 0.3 is 0 Å². The van der Waals surface area contributed by atoms with E-state index in [0.717, 1.165) is 9.17 Å². The van der Waals surface area contributed by atoms with Gasteiger partial charge in [-0.15, -0.1) is 11.3 Å². The highest BCUT2D eigenvalue weighted by Gasteiger charge is 2.33. The van der Waals surface area contributed by atoms with E-state index < -0.39 is 0 Å². The lowest BCUT2D eigenvalue weighted by Gasteiger charge is -2.20. The molecule has 1 aliphatic rings. The first-order valence-electron chi connectivity index (χ1n) is 8.14. The van der Waals surface area contributed by atoms with Crippen molar-refractivity contribution in [1.82, 2.24) is 0 Å². The normalized spacial score (nSPS) is 13.1. The SMILES string of the molecule is Nc1cc2c(=O)c3cc(Br)ccc3sc2c2c1C(=O)c1ccccc1C2=O. The Balaban J connectivity index is 1.99. The van der Waals surface area contributed by atoms with Crippen molar-refractivity contribution in [2.75, 3.05) is 5.73 Å². The molecule has 1 aliphatic carbocycles. The van der Waals surface area contributed by atoms with Gasteiger partial charge < -0.3 is 5.73 Å². The largest absolute Gasteiger partial charge is 0.398 e. The third kappa shape index (κ3) is 2.17. The molecule has 0 unspecified atom stereocenters. The number of fused-ring (bicyclic) bond motifs is 5. The van der Waals surface area contributed by atoms with Gasteiger partial charge in [-0.1, -0.05) is 40.2 Å². The number of nitrogens with two attached hydrogens (primary N) is 1. The number of hydrogen-bond donors (Lipinski definition) is 1. The highest BCUT2D eigenvalue weighted by Crippen LogP contribution is 2.38. The molecule has 0 fully saturated rings. The van der Waals surface area contributed by atoms with Crippen LogP contribution in [0, 0.1) is 0 Å². The highest BCUT2D eigenvalue weighted by molar-refractivity contribution is 9.10. The minimum absolute atomic E-state index is 0.156. The molecule has 3 aromatic carbocycles. The van der Waals surface area contributed by atoms with E-state index in [1.165, 1.54) is 17.4 Å². The minimum atomic E-state index is -0.282. The molecule has 0 radical (unpaired) electrons. The van der Waals surface area contributed by atoms with Gasteiger partial charge in [0.15, 0.2) is 17.0 Å². The van der Waals surface area contributed by atoms with Gasteiger partial charge in [-0.05, 0) is 24.3 Å². The Morgan fingerprint density at radius 3 is 2.19 bits per heavy atom. The molecule has 0 atom stereocenters. The van der Waals surface area contributed by atoms with Crippen molar-refractivity contribution in [3.05, 3.63) is 85.5 Å². The number of carbonyl (C=O) groups is 2. The molecule has 27 heavy (non-hydrogen) atoms. The predicted molar refractivity (Wildman–Crippen MR) is 111 cm³/mol. The predicted octanol–water partition coefficient (Wildman–Crippen LogP) is 4.53. The first-order chi connectivity index (χ1) is 13.0. The van der Waals surface area contributed by atoms with E-state index in [-0.39, 0.29) is 33.8 Å². The lowest BCUT2D eigenvalue weighted by Crippen LogP contribution is -2.23. The molecule has 4 nitrogen and oxygen atoms in total. The van der Waals surface area contributed by atoms with Crippen LogP contribution in [0.4, 0.5) is 5.69 Å². The Kier molecular flexibility index (Phi) is 3.38. The van der Waals surface area contributed by atoms with Gasteiger partial charge in [-0.3, -0.25) is 14.4 Å². The third-order valence-corrected chi connectivity index (χ3v) is 6.52. The summed E-state index contributed by atoms with van der Waals surface area (Å²) in [6.45, 7) is 0. The topological polar surface area (TPSA) is 77.2 Å². The van der Waals surface area contributed by atoms with Crippen LogP contribution < -0.4 is 11.2 Å². The second-order valence-electron chi connectivity index (χ2n) is 6.37. The quantitative estimate of drug-likeness (QED) is 0.286. The van der Waals surface area contributed by atoms with E-state index in [9.17, 15) is 14.4 Å². The summed E-state index contributed by atoms with van der Waals surface area (Å²) < 4.78 is 2.05. The summed E-state index contributed by atoms with van der Waals surface area (Å²) in [7, 11) is 0. The van der Waals surface area contributed by atoms with Gasteiger partial charge in [0.2, 0.25) is 0 Å². The molecule has 0 aliphatic heterocycles. The molecule has 2 N–H and O–H groups in total. The van der Waals surface area contributed by atoms with E-state index in [1.807, 2.05) is 12.1 Å². The van der Waals surface area contributed by atoms with E-state index in [1.54, 1.807) is 30.3 Å². The number of benzene rings is 3. The van der Waals surface area contributed by atoms with Gasteiger partial charge in [0, 0.05) is 36.8 Å². The summed E-state index contributed by atoms with van der Waals surface area (Å²) in [5.41, 5.74) is 7.22. The van der Waals surface area contributed by atoms with Crippen LogP contribution in [-0.4, -0.2) is 11.6 Å². The summed E-state index contributed by atoms with van der Waals surface area (Å²) >= 11 is 4.71. The number of nitrogen functional groups attached to an aromatic ring is 1. The van der Waals surface area contributed by atoms with E-state index >= 15 is 0 Å². The van der Waals surface area contributed by atoms with Crippen LogP contribution in [0.5, 0.6) is 0 Å². The maximum Gasteiger partial charge on any atom is 0.196 e. The molecule has 0 spiro atoms. The van der Waals surface area contributed by atoms with Crippen LogP contribution >= 0.6 is 27.3 Å². The standard InChI is InChI=1S/C21H10BrNO3S/c22-9-5-6-15-12(7-9)18(24)13-8-14(23)16-17(21(13)27-15)20(26)11-4-2-1-3-10(11)19(16)25/h1-8H,23H2. The fourth-order valence-corrected chi connectivity index (χ4v) is 5.13. The van der Waals surface area contributed by atoms with Crippen molar-refractivity contribution < 1.29 is 9.59 Å². The molecule has 0 bridgehead atoms. The fraction of sp³-hybridized carbons (Fsp3) is 0. The van der Waals surface area contributed by atoms with Crippen LogP contribution in [0.25, 0.3) is 20.2 Å². The van der Waals surface area contributed by atoms with Gasteiger partial charge in [0.25, 0.3) is 0 Å². The molecule has 0 saturated heterocycles. The first kappa shape index (κ1) is 16.4. The lowest BCUT2D eigenvalue weighted by molar-refractivity contribution is 0.0981. The summed E-state index contributed by atoms with van der Waals surface area (Å²) in [5, 5.41) is 0.915. The number of anilines is 1. The Hall–Kier alpha value is -2.83.